The fourth-order valence-corrected chi connectivity index (χ4v) is 3.57. The van der Waals surface area contributed by atoms with Crippen LogP contribution in [0.25, 0.3) is 10.2 Å². The van der Waals surface area contributed by atoms with E-state index in [4.69, 9.17) is 10.7 Å². The monoisotopic (exact) mass is 247 g/mol. The van der Waals surface area contributed by atoms with Gasteiger partial charge in [-0.05, 0) is 31.9 Å². The highest BCUT2D eigenvalue weighted by Crippen LogP contribution is 2.32. The van der Waals surface area contributed by atoms with E-state index in [1.807, 2.05) is 6.07 Å². The van der Waals surface area contributed by atoms with Crippen molar-refractivity contribution >= 4 is 26.7 Å². The van der Waals surface area contributed by atoms with Crippen LogP contribution in [0.3, 0.4) is 0 Å². The predicted molar refractivity (Wildman–Crippen MR) is 73.6 cm³/mol. The van der Waals surface area contributed by atoms with E-state index in [0.29, 0.717) is 12.1 Å². The maximum absolute atomic E-state index is 6.00. The first-order valence-electron chi connectivity index (χ1n) is 6.12. The van der Waals surface area contributed by atoms with Gasteiger partial charge in [-0.1, -0.05) is 23.5 Å². The van der Waals surface area contributed by atoms with Crippen LogP contribution in [0.4, 0.5) is 5.13 Å². The maximum atomic E-state index is 6.00. The fraction of sp³-hybridized carbons (Fsp3) is 0.462. The molecular formula is C13H17N3S. The molecule has 2 aromatic rings. The summed E-state index contributed by atoms with van der Waals surface area (Å²) in [6.07, 6.45) is 2.14. The third kappa shape index (κ3) is 2.03. The number of anilines is 1. The van der Waals surface area contributed by atoms with Gasteiger partial charge in [0, 0.05) is 18.6 Å². The molecule has 1 aromatic heterocycles. The average Bonchev–Trinajstić information content (AvgIpc) is 2.72. The lowest BCUT2D eigenvalue weighted by molar-refractivity contribution is 0.429. The minimum atomic E-state index is 0.357. The number of para-hydroxylation sites is 1. The molecule has 17 heavy (non-hydrogen) atoms. The summed E-state index contributed by atoms with van der Waals surface area (Å²) in [7, 11) is 0. The number of nitrogens with zero attached hydrogens (tertiary/aromatic N) is 2. The molecule has 0 bridgehead atoms. The number of aromatic nitrogens is 1. The van der Waals surface area contributed by atoms with Gasteiger partial charge in [-0.3, -0.25) is 0 Å². The van der Waals surface area contributed by atoms with Crippen molar-refractivity contribution in [3.63, 3.8) is 0 Å². The van der Waals surface area contributed by atoms with Crippen molar-refractivity contribution in [3.8, 4) is 0 Å². The zero-order chi connectivity index (χ0) is 11.8. The Morgan fingerprint density at radius 2 is 2.24 bits per heavy atom. The lowest BCUT2D eigenvalue weighted by atomic mass is 10.00. The molecule has 1 saturated heterocycles. The number of hydrogen-bond donors (Lipinski definition) is 1. The number of nitrogens with two attached hydrogens (primary N) is 1. The molecule has 0 aliphatic carbocycles. The molecule has 1 aliphatic heterocycles. The molecule has 0 spiro atoms. The number of benzene rings is 1. The lowest BCUT2D eigenvalue weighted by Crippen LogP contribution is -2.45. The summed E-state index contributed by atoms with van der Waals surface area (Å²) in [4.78, 5) is 7.11. The number of piperidine rings is 1. The fourth-order valence-electron chi connectivity index (χ4n) is 2.48. The van der Waals surface area contributed by atoms with Gasteiger partial charge in [-0.15, -0.1) is 0 Å². The first-order valence-corrected chi connectivity index (χ1v) is 6.93. The minimum Gasteiger partial charge on any atom is -0.345 e. The van der Waals surface area contributed by atoms with Crippen LogP contribution in [0, 0.1) is 0 Å². The van der Waals surface area contributed by atoms with Crippen molar-refractivity contribution in [2.24, 2.45) is 5.73 Å². The third-order valence-corrected chi connectivity index (χ3v) is 4.52. The molecule has 1 fully saturated rings. The number of fused-ring (bicyclic) bond motifs is 1. The molecule has 2 unspecified atom stereocenters. The Morgan fingerprint density at radius 1 is 1.41 bits per heavy atom. The molecule has 2 atom stereocenters. The first kappa shape index (κ1) is 11.0. The molecule has 3 rings (SSSR count). The smallest absolute Gasteiger partial charge is 0.186 e. The largest absolute Gasteiger partial charge is 0.345 e. The van der Waals surface area contributed by atoms with Gasteiger partial charge < -0.3 is 10.6 Å². The van der Waals surface area contributed by atoms with Crippen LogP contribution in [0.1, 0.15) is 19.8 Å². The summed E-state index contributed by atoms with van der Waals surface area (Å²) in [6, 6.07) is 9.18. The summed E-state index contributed by atoms with van der Waals surface area (Å²) < 4.78 is 1.27. The topological polar surface area (TPSA) is 42.1 Å². The molecule has 90 valence electrons. The van der Waals surface area contributed by atoms with E-state index in [1.165, 1.54) is 4.70 Å². The number of hydrogen-bond acceptors (Lipinski definition) is 4. The van der Waals surface area contributed by atoms with Crippen molar-refractivity contribution in [1.29, 1.82) is 0 Å². The zero-order valence-electron chi connectivity index (χ0n) is 9.97. The van der Waals surface area contributed by atoms with Crippen molar-refractivity contribution in [3.05, 3.63) is 24.3 Å². The van der Waals surface area contributed by atoms with E-state index in [1.54, 1.807) is 11.3 Å². The minimum absolute atomic E-state index is 0.357. The zero-order valence-corrected chi connectivity index (χ0v) is 10.8. The van der Waals surface area contributed by atoms with Gasteiger partial charge in [0.1, 0.15) is 0 Å². The summed E-state index contributed by atoms with van der Waals surface area (Å²) in [5.41, 5.74) is 7.10. The second kappa shape index (κ2) is 4.27. The quantitative estimate of drug-likeness (QED) is 0.842. The van der Waals surface area contributed by atoms with Gasteiger partial charge in [0.25, 0.3) is 0 Å². The Hall–Kier alpha value is -1.13. The van der Waals surface area contributed by atoms with E-state index in [2.05, 4.69) is 30.0 Å². The Morgan fingerprint density at radius 3 is 3.00 bits per heavy atom. The number of rotatable bonds is 1. The van der Waals surface area contributed by atoms with Gasteiger partial charge in [-0.25, -0.2) is 4.98 Å². The molecule has 4 heteroatoms. The van der Waals surface area contributed by atoms with Crippen molar-refractivity contribution in [2.45, 2.75) is 31.8 Å². The van der Waals surface area contributed by atoms with Gasteiger partial charge in [0.05, 0.1) is 10.2 Å². The molecule has 2 N–H and O–H groups in total. The molecule has 0 saturated carbocycles. The first-order chi connectivity index (χ1) is 8.24. The second-order valence-electron chi connectivity index (χ2n) is 4.79. The standard InChI is InChI=1S/C13H17N3S/c1-9-8-10(14)6-7-16(9)13-15-11-4-2-3-5-12(11)17-13/h2-5,9-10H,6-8,14H2,1H3. The molecule has 0 amide bonds. The van der Waals surface area contributed by atoms with Crippen LogP contribution in [0.15, 0.2) is 24.3 Å². The molecule has 0 radical (unpaired) electrons. The highest BCUT2D eigenvalue weighted by atomic mass is 32.1. The van der Waals surface area contributed by atoms with Gasteiger partial charge >= 0.3 is 0 Å². The van der Waals surface area contributed by atoms with Crippen molar-refractivity contribution in [1.82, 2.24) is 4.98 Å². The van der Waals surface area contributed by atoms with Gasteiger partial charge in [0.2, 0.25) is 0 Å². The number of thiazole rings is 1. The van der Waals surface area contributed by atoms with E-state index in [9.17, 15) is 0 Å². The predicted octanol–water partition coefficient (Wildman–Crippen LogP) is 2.61. The van der Waals surface area contributed by atoms with Crippen LogP contribution >= 0.6 is 11.3 Å². The van der Waals surface area contributed by atoms with Crippen LogP contribution < -0.4 is 10.6 Å². The Kier molecular flexibility index (Phi) is 2.76. The van der Waals surface area contributed by atoms with Crippen LogP contribution in [0.2, 0.25) is 0 Å². The van der Waals surface area contributed by atoms with Gasteiger partial charge in [-0.2, -0.15) is 0 Å². The maximum Gasteiger partial charge on any atom is 0.186 e. The normalized spacial score (nSPS) is 25.4. The van der Waals surface area contributed by atoms with E-state index in [-0.39, 0.29) is 0 Å². The van der Waals surface area contributed by atoms with Crippen molar-refractivity contribution < 1.29 is 0 Å². The van der Waals surface area contributed by atoms with Crippen LogP contribution in [0.5, 0.6) is 0 Å². The Bertz CT molecular complexity index is 489. The highest BCUT2D eigenvalue weighted by Gasteiger charge is 2.25. The molecule has 2 heterocycles. The van der Waals surface area contributed by atoms with Crippen LogP contribution in [-0.2, 0) is 0 Å². The van der Waals surface area contributed by atoms with Crippen molar-refractivity contribution in [2.75, 3.05) is 11.4 Å². The van der Waals surface area contributed by atoms with E-state index < -0.39 is 0 Å². The second-order valence-corrected chi connectivity index (χ2v) is 5.80. The Labute approximate surface area is 105 Å². The van der Waals surface area contributed by atoms with E-state index in [0.717, 1.165) is 30.0 Å². The Balaban J connectivity index is 1.93. The molecule has 1 aromatic carbocycles. The molecular weight excluding hydrogens is 230 g/mol. The van der Waals surface area contributed by atoms with Crippen LogP contribution in [-0.4, -0.2) is 23.6 Å². The summed E-state index contributed by atoms with van der Waals surface area (Å²) in [5.74, 6) is 0. The summed E-state index contributed by atoms with van der Waals surface area (Å²) in [5, 5.41) is 1.14. The molecule has 3 nitrogen and oxygen atoms in total. The average molecular weight is 247 g/mol. The van der Waals surface area contributed by atoms with Gasteiger partial charge in [0.15, 0.2) is 5.13 Å². The summed E-state index contributed by atoms with van der Waals surface area (Å²) >= 11 is 1.78. The lowest BCUT2D eigenvalue weighted by Gasteiger charge is -2.36. The third-order valence-electron chi connectivity index (χ3n) is 3.45. The SMILES string of the molecule is CC1CC(N)CCN1c1nc2ccccc2s1. The van der Waals surface area contributed by atoms with E-state index >= 15 is 0 Å². The summed E-state index contributed by atoms with van der Waals surface area (Å²) in [6.45, 7) is 3.27. The highest BCUT2D eigenvalue weighted by molar-refractivity contribution is 7.22. The molecule has 1 aliphatic rings.